The first-order valence-corrected chi connectivity index (χ1v) is 3.50. The summed E-state index contributed by atoms with van der Waals surface area (Å²) >= 11 is 0. The average molecular weight is 160 g/mol. The summed E-state index contributed by atoms with van der Waals surface area (Å²) in [6, 6.07) is 0. The molecule has 0 saturated heterocycles. The van der Waals surface area contributed by atoms with E-state index in [2.05, 4.69) is 4.74 Å². The second-order valence-corrected chi connectivity index (χ2v) is 2.48. The molecule has 0 aliphatic heterocycles. The zero-order chi connectivity index (χ0) is 8.27. The molecule has 3 heteroatoms. The predicted octanol–water partition coefficient (Wildman–Crippen LogP) is 2.85. The molecule has 62 valence electrons. The third-order valence-corrected chi connectivity index (χ3v) is 1.49. The normalized spacial score (nSPS) is 17.8. The van der Waals surface area contributed by atoms with E-state index in [4.69, 9.17) is 0 Å². The first kappa shape index (κ1) is 8.24. The zero-order valence-corrected chi connectivity index (χ0v) is 6.31. The SMILES string of the molecule is CC1=CCCC(OC(F)F)=C1. The zero-order valence-electron chi connectivity index (χ0n) is 6.31. The molecular formula is C8H10F2O. The van der Waals surface area contributed by atoms with Gasteiger partial charge in [0.05, 0.1) is 0 Å². The van der Waals surface area contributed by atoms with E-state index < -0.39 is 6.61 Å². The third kappa shape index (κ3) is 2.70. The minimum Gasteiger partial charge on any atom is -0.439 e. The van der Waals surface area contributed by atoms with E-state index in [9.17, 15) is 8.78 Å². The molecule has 0 amide bonds. The lowest BCUT2D eigenvalue weighted by Crippen LogP contribution is -2.01. The topological polar surface area (TPSA) is 9.23 Å². The highest BCUT2D eigenvalue weighted by Gasteiger charge is 2.08. The molecule has 1 aliphatic rings. The van der Waals surface area contributed by atoms with Gasteiger partial charge in [-0.15, -0.1) is 0 Å². The van der Waals surface area contributed by atoms with Crippen LogP contribution in [0.2, 0.25) is 0 Å². The number of hydrogen-bond donors (Lipinski definition) is 0. The summed E-state index contributed by atoms with van der Waals surface area (Å²) in [6.07, 6.45) is 5.03. The molecule has 0 unspecified atom stereocenters. The van der Waals surface area contributed by atoms with Crippen molar-refractivity contribution in [2.24, 2.45) is 0 Å². The van der Waals surface area contributed by atoms with Crippen LogP contribution in [0.1, 0.15) is 19.8 Å². The number of hydrogen-bond acceptors (Lipinski definition) is 1. The van der Waals surface area contributed by atoms with Gasteiger partial charge in [0.25, 0.3) is 0 Å². The molecule has 0 spiro atoms. The molecule has 0 bridgehead atoms. The Hall–Kier alpha value is -0.860. The van der Waals surface area contributed by atoms with Crippen LogP contribution in [-0.4, -0.2) is 6.61 Å². The number of rotatable bonds is 2. The van der Waals surface area contributed by atoms with Crippen LogP contribution in [0.3, 0.4) is 0 Å². The third-order valence-electron chi connectivity index (χ3n) is 1.49. The predicted molar refractivity (Wildman–Crippen MR) is 38.2 cm³/mol. The van der Waals surface area contributed by atoms with Crippen molar-refractivity contribution in [1.82, 2.24) is 0 Å². The van der Waals surface area contributed by atoms with Gasteiger partial charge in [0.2, 0.25) is 0 Å². The Bertz CT molecular complexity index is 194. The molecule has 0 saturated carbocycles. The quantitative estimate of drug-likeness (QED) is 0.603. The van der Waals surface area contributed by atoms with E-state index in [0.29, 0.717) is 12.2 Å². The molecule has 0 radical (unpaired) electrons. The Labute approximate surface area is 64.4 Å². The van der Waals surface area contributed by atoms with Gasteiger partial charge >= 0.3 is 6.61 Å². The fourth-order valence-corrected chi connectivity index (χ4v) is 1.03. The van der Waals surface area contributed by atoms with Crippen LogP contribution in [-0.2, 0) is 4.74 Å². The molecule has 0 aromatic rings. The van der Waals surface area contributed by atoms with E-state index in [-0.39, 0.29) is 0 Å². The van der Waals surface area contributed by atoms with Gasteiger partial charge in [-0.05, 0) is 19.4 Å². The van der Waals surface area contributed by atoms with Crippen LogP contribution in [0.4, 0.5) is 8.78 Å². The van der Waals surface area contributed by atoms with Gasteiger partial charge in [-0.1, -0.05) is 11.6 Å². The van der Waals surface area contributed by atoms with Gasteiger partial charge in [0.1, 0.15) is 5.76 Å². The van der Waals surface area contributed by atoms with Crippen molar-refractivity contribution >= 4 is 0 Å². The summed E-state index contributed by atoms with van der Waals surface area (Å²) < 4.78 is 27.6. The number of halogens is 2. The van der Waals surface area contributed by atoms with E-state index >= 15 is 0 Å². The molecule has 1 nitrogen and oxygen atoms in total. The average Bonchev–Trinajstić information content (AvgIpc) is 1.85. The first-order valence-electron chi connectivity index (χ1n) is 3.50. The smallest absolute Gasteiger partial charge is 0.387 e. The van der Waals surface area contributed by atoms with Gasteiger partial charge in [0, 0.05) is 6.42 Å². The Morgan fingerprint density at radius 3 is 2.82 bits per heavy atom. The van der Waals surface area contributed by atoms with Gasteiger partial charge in [-0.3, -0.25) is 0 Å². The van der Waals surface area contributed by atoms with Gasteiger partial charge in [0.15, 0.2) is 0 Å². The summed E-state index contributed by atoms with van der Waals surface area (Å²) in [7, 11) is 0. The molecule has 1 rings (SSSR count). The van der Waals surface area contributed by atoms with Crippen molar-refractivity contribution < 1.29 is 13.5 Å². The maximum absolute atomic E-state index is 11.7. The van der Waals surface area contributed by atoms with Crippen molar-refractivity contribution in [1.29, 1.82) is 0 Å². The lowest BCUT2D eigenvalue weighted by atomic mass is 10.1. The van der Waals surface area contributed by atoms with Crippen molar-refractivity contribution in [3.8, 4) is 0 Å². The Morgan fingerprint density at radius 1 is 1.55 bits per heavy atom. The van der Waals surface area contributed by atoms with Gasteiger partial charge in [-0.2, -0.15) is 8.78 Å². The number of ether oxygens (including phenoxy) is 1. The molecule has 11 heavy (non-hydrogen) atoms. The van der Waals surface area contributed by atoms with E-state index in [1.165, 1.54) is 0 Å². The lowest BCUT2D eigenvalue weighted by Gasteiger charge is -2.11. The standard InChI is InChI=1S/C8H10F2O/c1-6-3-2-4-7(5-6)11-8(9)10/h3,5,8H,2,4H2,1H3. The van der Waals surface area contributed by atoms with Gasteiger partial charge < -0.3 is 4.74 Å². The van der Waals surface area contributed by atoms with Crippen LogP contribution in [0, 0.1) is 0 Å². The lowest BCUT2D eigenvalue weighted by molar-refractivity contribution is -0.0985. The monoisotopic (exact) mass is 160 g/mol. The highest BCUT2D eigenvalue weighted by Crippen LogP contribution is 2.19. The van der Waals surface area contributed by atoms with Crippen LogP contribution in [0.25, 0.3) is 0 Å². The molecule has 1 aliphatic carbocycles. The number of allylic oxidation sites excluding steroid dienone is 4. The summed E-state index contributed by atoms with van der Waals surface area (Å²) in [5, 5.41) is 0. The largest absolute Gasteiger partial charge is 0.439 e. The fourth-order valence-electron chi connectivity index (χ4n) is 1.03. The first-order chi connectivity index (χ1) is 5.18. The van der Waals surface area contributed by atoms with Crippen molar-refractivity contribution in [3.63, 3.8) is 0 Å². The van der Waals surface area contributed by atoms with Crippen molar-refractivity contribution in [2.45, 2.75) is 26.4 Å². The highest BCUT2D eigenvalue weighted by atomic mass is 19.3. The maximum Gasteiger partial charge on any atom is 0.387 e. The molecule has 0 aromatic carbocycles. The minimum atomic E-state index is -2.69. The second-order valence-electron chi connectivity index (χ2n) is 2.48. The summed E-state index contributed by atoms with van der Waals surface area (Å²) in [6.45, 7) is -0.819. The van der Waals surface area contributed by atoms with Crippen LogP contribution >= 0.6 is 0 Å². The Balaban J connectivity index is 2.51. The van der Waals surface area contributed by atoms with Crippen molar-refractivity contribution in [2.75, 3.05) is 0 Å². The fraction of sp³-hybridized carbons (Fsp3) is 0.500. The van der Waals surface area contributed by atoms with E-state index in [0.717, 1.165) is 12.0 Å². The van der Waals surface area contributed by atoms with E-state index in [1.807, 2.05) is 13.0 Å². The molecule has 0 heterocycles. The molecular weight excluding hydrogens is 150 g/mol. The number of alkyl halides is 2. The van der Waals surface area contributed by atoms with E-state index in [1.54, 1.807) is 6.08 Å². The highest BCUT2D eigenvalue weighted by molar-refractivity contribution is 5.22. The molecule has 0 N–H and O–H groups in total. The molecule has 0 fully saturated rings. The van der Waals surface area contributed by atoms with Crippen molar-refractivity contribution in [3.05, 3.63) is 23.5 Å². The van der Waals surface area contributed by atoms with Crippen LogP contribution in [0.5, 0.6) is 0 Å². The summed E-state index contributed by atoms with van der Waals surface area (Å²) in [4.78, 5) is 0. The summed E-state index contributed by atoms with van der Waals surface area (Å²) in [5.74, 6) is 0.389. The van der Waals surface area contributed by atoms with Crippen LogP contribution in [0.15, 0.2) is 23.5 Å². The molecule has 0 atom stereocenters. The maximum atomic E-state index is 11.7. The summed E-state index contributed by atoms with van der Waals surface area (Å²) in [5.41, 5.74) is 0.993. The van der Waals surface area contributed by atoms with Gasteiger partial charge in [-0.25, -0.2) is 0 Å². The Kier molecular flexibility index (Phi) is 2.63. The van der Waals surface area contributed by atoms with Crippen LogP contribution < -0.4 is 0 Å². The Morgan fingerprint density at radius 2 is 2.27 bits per heavy atom. The molecule has 0 aromatic heterocycles. The second kappa shape index (κ2) is 3.51. The minimum absolute atomic E-state index is 0.389.